The molecule has 4 rings (SSSR count). The minimum atomic E-state index is -0.180. The van der Waals surface area contributed by atoms with Crippen LogP contribution in [0.5, 0.6) is 0 Å². The van der Waals surface area contributed by atoms with E-state index in [0.717, 1.165) is 36.1 Å². The minimum Gasteiger partial charge on any atom is -0.347 e. The first-order valence-corrected chi connectivity index (χ1v) is 8.02. The fraction of sp³-hybridized carbons (Fsp3) is 0.294. The van der Waals surface area contributed by atoms with E-state index in [4.69, 9.17) is 0 Å². The molecule has 0 spiro atoms. The van der Waals surface area contributed by atoms with E-state index in [2.05, 4.69) is 25.9 Å². The van der Waals surface area contributed by atoms with Crippen LogP contribution in [-0.2, 0) is 0 Å². The van der Waals surface area contributed by atoms with E-state index >= 15 is 0 Å². The molecule has 3 heterocycles. The van der Waals surface area contributed by atoms with Crippen LogP contribution in [-0.4, -0.2) is 45.0 Å². The molecular formula is C17H18N6O. The molecule has 1 atom stereocenters. The molecule has 0 aliphatic carbocycles. The van der Waals surface area contributed by atoms with Crippen molar-refractivity contribution in [2.24, 2.45) is 0 Å². The van der Waals surface area contributed by atoms with Crippen LogP contribution in [0.2, 0.25) is 0 Å². The molecule has 0 bridgehead atoms. The molecule has 1 amide bonds. The number of fused-ring (bicyclic) bond motifs is 1. The van der Waals surface area contributed by atoms with Crippen molar-refractivity contribution in [3.63, 3.8) is 0 Å². The van der Waals surface area contributed by atoms with Gasteiger partial charge >= 0.3 is 0 Å². The third-order valence-corrected chi connectivity index (χ3v) is 4.34. The Bertz CT molecular complexity index is 892. The van der Waals surface area contributed by atoms with E-state index in [1.165, 1.54) is 0 Å². The lowest BCUT2D eigenvalue weighted by molar-refractivity contribution is 0.0934. The predicted molar refractivity (Wildman–Crippen MR) is 90.1 cm³/mol. The number of amides is 1. The van der Waals surface area contributed by atoms with E-state index in [1.807, 2.05) is 37.3 Å². The van der Waals surface area contributed by atoms with Gasteiger partial charge in [0.15, 0.2) is 5.69 Å². The molecule has 0 saturated carbocycles. The molecule has 0 radical (unpaired) electrons. The van der Waals surface area contributed by atoms with Gasteiger partial charge in [0.25, 0.3) is 5.91 Å². The van der Waals surface area contributed by atoms with Gasteiger partial charge in [0.2, 0.25) is 0 Å². The van der Waals surface area contributed by atoms with E-state index < -0.39 is 0 Å². The van der Waals surface area contributed by atoms with Crippen molar-refractivity contribution in [1.82, 2.24) is 30.6 Å². The second kappa shape index (κ2) is 6.01. The second-order valence-corrected chi connectivity index (χ2v) is 5.95. The third kappa shape index (κ3) is 2.52. The van der Waals surface area contributed by atoms with Gasteiger partial charge in [-0.15, -0.1) is 5.10 Å². The highest BCUT2D eigenvalue weighted by atomic mass is 16.2. The van der Waals surface area contributed by atoms with Crippen LogP contribution in [0.4, 0.5) is 0 Å². The smallest absolute Gasteiger partial charge is 0.274 e. The summed E-state index contributed by atoms with van der Waals surface area (Å²) in [4.78, 5) is 16.9. The van der Waals surface area contributed by atoms with Crippen molar-refractivity contribution in [3.05, 3.63) is 47.9 Å². The summed E-state index contributed by atoms with van der Waals surface area (Å²) in [6.45, 7) is 3.58. The fourth-order valence-electron chi connectivity index (χ4n) is 3.06. The molecule has 7 heteroatoms. The highest BCUT2D eigenvalue weighted by Gasteiger charge is 2.22. The molecule has 1 saturated heterocycles. The summed E-state index contributed by atoms with van der Waals surface area (Å²) < 4.78 is 1.68. The summed E-state index contributed by atoms with van der Waals surface area (Å²) in [6.07, 6.45) is 2.69. The lowest BCUT2D eigenvalue weighted by atomic mass is 10.2. The molecule has 1 aromatic carbocycles. The maximum absolute atomic E-state index is 12.5. The van der Waals surface area contributed by atoms with Gasteiger partial charge in [-0.05, 0) is 32.0 Å². The Balaban J connectivity index is 1.69. The average molecular weight is 322 g/mol. The predicted octanol–water partition coefficient (Wildman–Crippen LogP) is 1.22. The van der Waals surface area contributed by atoms with Crippen LogP contribution in [0.15, 0.2) is 36.5 Å². The topological polar surface area (TPSA) is 84.7 Å². The van der Waals surface area contributed by atoms with Crippen molar-refractivity contribution in [3.8, 4) is 5.69 Å². The highest BCUT2D eigenvalue weighted by Crippen LogP contribution is 2.21. The van der Waals surface area contributed by atoms with E-state index in [-0.39, 0.29) is 11.9 Å². The monoisotopic (exact) mass is 322 g/mol. The Morgan fingerprint density at radius 2 is 2.21 bits per heavy atom. The van der Waals surface area contributed by atoms with Gasteiger partial charge in [0.1, 0.15) is 0 Å². The van der Waals surface area contributed by atoms with Crippen LogP contribution >= 0.6 is 0 Å². The standard InChI is InChI=1S/C17H18N6O/c1-11-15(17(24)20-13-7-9-18-10-13)21-22-23(11)14-6-2-4-12-5-3-8-19-16(12)14/h2-6,8,13,18H,7,9-10H2,1H3,(H,20,24). The Morgan fingerprint density at radius 1 is 1.33 bits per heavy atom. The van der Waals surface area contributed by atoms with Crippen LogP contribution < -0.4 is 10.6 Å². The normalized spacial score (nSPS) is 17.3. The molecule has 2 aromatic heterocycles. The lowest BCUT2D eigenvalue weighted by Gasteiger charge is -2.10. The molecule has 7 nitrogen and oxygen atoms in total. The molecule has 1 fully saturated rings. The first kappa shape index (κ1) is 14.8. The zero-order chi connectivity index (χ0) is 16.5. The third-order valence-electron chi connectivity index (χ3n) is 4.34. The van der Waals surface area contributed by atoms with Gasteiger partial charge < -0.3 is 10.6 Å². The molecule has 3 aromatic rings. The lowest BCUT2D eigenvalue weighted by Crippen LogP contribution is -2.36. The number of hydrogen-bond acceptors (Lipinski definition) is 5. The number of aromatic nitrogens is 4. The van der Waals surface area contributed by atoms with Gasteiger partial charge in [-0.1, -0.05) is 23.4 Å². The Morgan fingerprint density at radius 3 is 3.04 bits per heavy atom. The molecule has 1 aliphatic heterocycles. The van der Waals surface area contributed by atoms with Gasteiger partial charge in [-0.25, -0.2) is 4.68 Å². The number of nitrogens with zero attached hydrogens (tertiary/aromatic N) is 4. The van der Waals surface area contributed by atoms with Crippen molar-refractivity contribution in [2.75, 3.05) is 13.1 Å². The van der Waals surface area contributed by atoms with E-state index in [0.29, 0.717) is 11.4 Å². The van der Waals surface area contributed by atoms with Gasteiger partial charge in [-0.2, -0.15) is 0 Å². The zero-order valence-electron chi connectivity index (χ0n) is 13.4. The van der Waals surface area contributed by atoms with Crippen LogP contribution in [0, 0.1) is 6.92 Å². The summed E-state index contributed by atoms with van der Waals surface area (Å²) in [5.74, 6) is -0.180. The maximum atomic E-state index is 12.5. The quantitative estimate of drug-likeness (QED) is 0.757. The fourth-order valence-corrected chi connectivity index (χ4v) is 3.06. The number of carbonyl (C=O) groups is 1. The second-order valence-electron chi connectivity index (χ2n) is 5.95. The minimum absolute atomic E-state index is 0.154. The molecular weight excluding hydrogens is 304 g/mol. The van der Waals surface area contributed by atoms with Crippen molar-refractivity contribution in [2.45, 2.75) is 19.4 Å². The van der Waals surface area contributed by atoms with Crippen molar-refractivity contribution >= 4 is 16.8 Å². The van der Waals surface area contributed by atoms with Crippen LogP contribution in [0.25, 0.3) is 16.6 Å². The first-order chi connectivity index (χ1) is 11.7. The number of pyridine rings is 1. The van der Waals surface area contributed by atoms with Gasteiger partial charge in [-0.3, -0.25) is 9.78 Å². The summed E-state index contributed by atoms with van der Waals surface area (Å²) in [5, 5.41) is 15.5. The molecule has 1 unspecified atom stereocenters. The molecule has 24 heavy (non-hydrogen) atoms. The largest absolute Gasteiger partial charge is 0.347 e. The molecule has 122 valence electrons. The van der Waals surface area contributed by atoms with E-state index in [1.54, 1.807) is 10.9 Å². The zero-order valence-corrected chi connectivity index (χ0v) is 13.4. The number of para-hydroxylation sites is 1. The molecule has 1 aliphatic rings. The number of carbonyl (C=O) groups excluding carboxylic acids is 1. The van der Waals surface area contributed by atoms with Crippen molar-refractivity contribution in [1.29, 1.82) is 0 Å². The number of hydrogen-bond donors (Lipinski definition) is 2. The summed E-state index contributed by atoms with van der Waals surface area (Å²) >= 11 is 0. The Hall–Kier alpha value is -2.80. The summed E-state index contributed by atoms with van der Waals surface area (Å²) in [6, 6.07) is 9.93. The van der Waals surface area contributed by atoms with E-state index in [9.17, 15) is 4.79 Å². The highest BCUT2D eigenvalue weighted by molar-refractivity contribution is 5.94. The van der Waals surface area contributed by atoms with Crippen LogP contribution in [0.3, 0.4) is 0 Å². The van der Waals surface area contributed by atoms with Crippen LogP contribution in [0.1, 0.15) is 22.6 Å². The maximum Gasteiger partial charge on any atom is 0.274 e. The Kier molecular flexibility index (Phi) is 3.70. The molecule has 2 N–H and O–H groups in total. The number of nitrogens with one attached hydrogen (secondary N) is 2. The van der Waals surface area contributed by atoms with Gasteiger partial charge in [0, 0.05) is 24.2 Å². The number of rotatable bonds is 3. The summed E-state index contributed by atoms with van der Waals surface area (Å²) in [7, 11) is 0. The first-order valence-electron chi connectivity index (χ1n) is 8.02. The summed E-state index contributed by atoms with van der Waals surface area (Å²) in [5.41, 5.74) is 2.71. The number of benzene rings is 1. The average Bonchev–Trinajstić information content (AvgIpc) is 3.24. The SMILES string of the molecule is Cc1c(C(=O)NC2CCNC2)nnn1-c1cccc2cccnc12. The Labute approximate surface area is 139 Å². The van der Waals surface area contributed by atoms with Crippen molar-refractivity contribution < 1.29 is 4.79 Å². The van der Waals surface area contributed by atoms with Gasteiger partial charge in [0.05, 0.1) is 16.9 Å².